The molecular weight excluding hydrogens is 230 g/mol. The molecule has 0 aliphatic carbocycles. The second-order valence-electron chi connectivity index (χ2n) is 4.05. The summed E-state index contributed by atoms with van der Waals surface area (Å²) in [7, 11) is 0. The highest BCUT2D eigenvalue weighted by atomic mass is 32.2. The van der Waals surface area contributed by atoms with Crippen LogP contribution in [0.4, 0.5) is 0 Å². The van der Waals surface area contributed by atoms with Crippen LogP contribution >= 0.6 is 11.8 Å². The highest BCUT2D eigenvalue weighted by Crippen LogP contribution is 2.44. The first kappa shape index (κ1) is 9.98. The molecule has 2 atom stereocenters. The molecule has 0 bridgehead atoms. The maximum Gasteiger partial charge on any atom is 0.362 e. The number of aromatic amines is 1. The lowest BCUT2D eigenvalue weighted by atomic mass is 9.92. The second kappa shape index (κ2) is 3.39. The Bertz CT molecular complexity index is 550. The molecule has 3 N–H and O–H groups in total. The van der Waals surface area contributed by atoms with Gasteiger partial charge in [-0.15, -0.1) is 11.8 Å². The number of nitrogens with one attached hydrogen (secondary N) is 2. The smallest absolute Gasteiger partial charge is 0.362 e. The number of hydrogen-bond donors (Lipinski definition) is 3. The summed E-state index contributed by atoms with van der Waals surface area (Å²) in [6, 6.07) is 0. The molecule has 1 saturated heterocycles. The van der Waals surface area contributed by atoms with Gasteiger partial charge < -0.3 is 10.5 Å². The molecule has 0 saturated carbocycles. The van der Waals surface area contributed by atoms with Crippen LogP contribution in [-0.2, 0) is 0 Å². The van der Waals surface area contributed by atoms with Crippen LogP contribution in [0, 0.1) is 0 Å². The molecule has 2 aliphatic heterocycles. The predicted octanol–water partition coefficient (Wildman–Crippen LogP) is -0.675. The van der Waals surface area contributed by atoms with Crippen molar-refractivity contribution < 1.29 is 5.21 Å². The number of thioether (sulfide) groups is 1. The Morgan fingerprint density at radius 1 is 1.44 bits per heavy atom. The Balaban J connectivity index is 2.20. The van der Waals surface area contributed by atoms with Gasteiger partial charge in [-0.05, 0) is 13.0 Å². The average molecular weight is 241 g/mol. The molecule has 0 spiro atoms. The minimum Gasteiger partial charge on any atom is -0.421 e. The Hall–Kier alpha value is -1.21. The second-order valence-corrected chi connectivity index (χ2v) is 5.29. The summed E-state index contributed by atoms with van der Waals surface area (Å²) in [6.07, 6.45) is 0.867. The Labute approximate surface area is 94.6 Å². The standard InChI is InChI=1S/C9H11N3O3S/c13-8-6-4-1-2-10-3-5(4)16-7(6)11-9(14)12(8)15/h4-5,10,15H,1-3H2,(H,11,14). The SMILES string of the molecule is O=c1[nH]c2c(c(=O)n1O)C1CCNCC1S2. The molecule has 0 amide bonds. The van der Waals surface area contributed by atoms with E-state index >= 15 is 0 Å². The molecule has 2 unspecified atom stereocenters. The van der Waals surface area contributed by atoms with Gasteiger partial charge in [0.05, 0.1) is 10.6 Å². The van der Waals surface area contributed by atoms with E-state index in [4.69, 9.17) is 0 Å². The number of hydrogen-bond acceptors (Lipinski definition) is 5. The summed E-state index contributed by atoms with van der Waals surface area (Å²) in [5.41, 5.74) is -0.762. The molecule has 7 heteroatoms. The number of fused-ring (bicyclic) bond motifs is 3. The van der Waals surface area contributed by atoms with Crippen molar-refractivity contribution in [1.29, 1.82) is 0 Å². The summed E-state index contributed by atoms with van der Waals surface area (Å²) in [4.78, 5) is 25.6. The normalized spacial score (nSPS) is 27.5. The van der Waals surface area contributed by atoms with Gasteiger partial charge in [-0.2, -0.15) is 0 Å². The number of nitrogens with zero attached hydrogens (tertiary/aromatic N) is 1. The third-order valence-corrected chi connectivity index (χ3v) is 4.50. The van der Waals surface area contributed by atoms with Gasteiger partial charge >= 0.3 is 5.69 Å². The monoisotopic (exact) mass is 241 g/mol. The fraction of sp³-hybridized carbons (Fsp3) is 0.556. The van der Waals surface area contributed by atoms with Crippen LogP contribution in [0.2, 0.25) is 0 Å². The Morgan fingerprint density at radius 3 is 3.06 bits per heavy atom. The third-order valence-electron chi connectivity index (χ3n) is 3.15. The fourth-order valence-corrected chi connectivity index (χ4v) is 3.83. The number of piperidine rings is 1. The van der Waals surface area contributed by atoms with Gasteiger partial charge in [0.2, 0.25) is 0 Å². The largest absolute Gasteiger partial charge is 0.421 e. The summed E-state index contributed by atoms with van der Waals surface area (Å²) in [5.74, 6) is 0.143. The quantitative estimate of drug-likeness (QED) is 0.414. The highest BCUT2D eigenvalue weighted by Gasteiger charge is 2.38. The van der Waals surface area contributed by atoms with Gasteiger partial charge in [0.25, 0.3) is 5.56 Å². The first-order valence-electron chi connectivity index (χ1n) is 5.14. The van der Waals surface area contributed by atoms with Gasteiger partial charge in [-0.1, -0.05) is 4.73 Å². The lowest BCUT2D eigenvalue weighted by molar-refractivity contribution is 0.157. The zero-order chi connectivity index (χ0) is 11.3. The fourth-order valence-electron chi connectivity index (χ4n) is 2.38. The molecule has 86 valence electrons. The minimum absolute atomic E-state index is 0.143. The van der Waals surface area contributed by atoms with Gasteiger partial charge in [-0.25, -0.2) is 4.79 Å². The lowest BCUT2D eigenvalue weighted by Gasteiger charge is -2.24. The van der Waals surface area contributed by atoms with Gasteiger partial charge in [0.1, 0.15) is 0 Å². The van der Waals surface area contributed by atoms with Crippen molar-refractivity contribution in [3.8, 4) is 0 Å². The van der Waals surface area contributed by atoms with Crippen LogP contribution in [0.25, 0.3) is 0 Å². The highest BCUT2D eigenvalue weighted by molar-refractivity contribution is 8.00. The van der Waals surface area contributed by atoms with E-state index < -0.39 is 11.2 Å². The Morgan fingerprint density at radius 2 is 2.25 bits per heavy atom. The van der Waals surface area contributed by atoms with E-state index in [1.54, 1.807) is 0 Å². The zero-order valence-electron chi connectivity index (χ0n) is 8.40. The lowest BCUT2D eigenvalue weighted by Crippen LogP contribution is -2.39. The molecule has 1 fully saturated rings. The molecular formula is C9H11N3O3S. The van der Waals surface area contributed by atoms with Crippen molar-refractivity contribution in [2.45, 2.75) is 22.6 Å². The van der Waals surface area contributed by atoms with Crippen LogP contribution in [0.15, 0.2) is 14.6 Å². The third kappa shape index (κ3) is 1.24. The average Bonchev–Trinajstić information content (AvgIpc) is 2.64. The van der Waals surface area contributed by atoms with E-state index in [0.29, 0.717) is 10.6 Å². The van der Waals surface area contributed by atoms with Gasteiger partial charge in [0, 0.05) is 17.7 Å². The first-order valence-corrected chi connectivity index (χ1v) is 6.02. The number of rotatable bonds is 0. The van der Waals surface area contributed by atoms with Crippen molar-refractivity contribution >= 4 is 11.8 Å². The molecule has 3 heterocycles. The molecule has 3 rings (SSSR count). The van der Waals surface area contributed by atoms with E-state index in [1.807, 2.05) is 0 Å². The Kier molecular flexibility index (Phi) is 2.11. The molecule has 0 aromatic carbocycles. The van der Waals surface area contributed by atoms with E-state index in [0.717, 1.165) is 19.5 Å². The van der Waals surface area contributed by atoms with Crippen LogP contribution < -0.4 is 16.6 Å². The molecule has 1 aromatic rings. The summed E-state index contributed by atoms with van der Waals surface area (Å²) >= 11 is 1.51. The van der Waals surface area contributed by atoms with Crippen LogP contribution in [0.1, 0.15) is 17.9 Å². The van der Waals surface area contributed by atoms with E-state index in [9.17, 15) is 14.8 Å². The molecule has 16 heavy (non-hydrogen) atoms. The zero-order valence-corrected chi connectivity index (χ0v) is 9.21. The van der Waals surface area contributed by atoms with E-state index in [-0.39, 0.29) is 15.9 Å². The van der Waals surface area contributed by atoms with Crippen molar-refractivity contribution in [2.24, 2.45) is 0 Å². The van der Waals surface area contributed by atoms with Crippen LogP contribution in [-0.4, -0.2) is 33.3 Å². The maximum absolute atomic E-state index is 11.8. The topological polar surface area (TPSA) is 87.1 Å². The van der Waals surface area contributed by atoms with Crippen molar-refractivity contribution in [3.05, 3.63) is 26.4 Å². The summed E-state index contributed by atoms with van der Waals surface area (Å²) in [5, 5.41) is 13.5. The summed E-state index contributed by atoms with van der Waals surface area (Å²) in [6.45, 7) is 1.70. The van der Waals surface area contributed by atoms with E-state index in [1.165, 1.54) is 11.8 Å². The maximum atomic E-state index is 11.8. The first-order chi connectivity index (χ1) is 7.68. The van der Waals surface area contributed by atoms with Crippen molar-refractivity contribution in [3.63, 3.8) is 0 Å². The van der Waals surface area contributed by atoms with Crippen LogP contribution in [0.5, 0.6) is 0 Å². The van der Waals surface area contributed by atoms with Crippen molar-refractivity contribution in [2.75, 3.05) is 13.1 Å². The van der Waals surface area contributed by atoms with Gasteiger partial charge in [0.15, 0.2) is 0 Å². The number of H-pyrrole nitrogens is 1. The van der Waals surface area contributed by atoms with E-state index in [2.05, 4.69) is 10.3 Å². The van der Waals surface area contributed by atoms with Gasteiger partial charge in [-0.3, -0.25) is 9.78 Å². The predicted molar refractivity (Wildman–Crippen MR) is 58.4 cm³/mol. The molecule has 2 aliphatic rings. The molecule has 6 nitrogen and oxygen atoms in total. The number of aromatic nitrogens is 2. The minimum atomic E-state index is -0.761. The van der Waals surface area contributed by atoms with Crippen LogP contribution in [0.3, 0.4) is 0 Å². The molecule has 0 radical (unpaired) electrons. The van der Waals surface area contributed by atoms with Crippen molar-refractivity contribution in [1.82, 2.24) is 15.0 Å². The summed E-state index contributed by atoms with van der Waals surface area (Å²) < 4.78 is 0.170. The molecule has 1 aromatic heterocycles.